The van der Waals surface area contributed by atoms with E-state index in [1.54, 1.807) is 0 Å². The lowest BCUT2D eigenvalue weighted by Crippen LogP contribution is -2.51. The lowest BCUT2D eigenvalue weighted by atomic mass is 9.90. The molecule has 0 spiro atoms. The Hall–Kier alpha value is -1.89. The van der Waals surface area contributed by atoms with Gasteiger partial charge in [-0.1, -0.05) is 30.3 Å². The number of benzene rings is 1. The number of hydrogen-bond donors (Lipinski definition) is 1. The molecule has 4 rings (SSSR count). The normalized spacial score (nSPS) is 21.0. The third kappa shape index (κ3) is 5.38. The quantitative estimate of drug-likeness (QED) is 0.810. The fourth-order valence-corrected chi connectivity index (χ4v) is 4.50. The number of halogens is 1. The first kappa shape index (κ1) is 21.8. The molecule has 2 aromatic rings. The Morgan fingerprint density at radius 3 is 2.62 bits per heavy atom. The number of rotatable bonds is 5. The van der Waals surface area contributed by atoms with Gasteiger partial charge in [0.15, 0.2) is 0 Å². The van der Waals surface area contributed by atoms with Crippen molar-refractivity contribution in [3.63, 3.8) is 0 Å². The Kier molecular flexibility index (Phi) is 7.70. The average Bonchev–Trinajstić information content (AvgIpc) is 3.15. The zero-order valence-electron chi connectivity index (χ0n) is 17.2. The SMILES string of the molecule is Cl.Cn1ccnc1C1CNCCN1CC(=O)N1CCC(Cc2ccccc2)CC1. The zero-order valence-corrected chi connectivity index (χ0v) is 18.0. The van der Waals surface area contributed by atoms with E-state index in [9.17, 15) is 4.79 Å². The summed E-state index contributed by atoms with van der Waals surface area (Å²) in [4.78, 5) is 21.8. The number of carbonyl (C=O) groups excluding carboxylic acids is 1. The molecule has 2 aliphatic rings. The Labute approximate surface area is 179 Å². The lowest BCUT2D eigenvalue weighted by molar-refractivity contribution is -0.134. The van der Waals surface area contributed by atoms with Crippen molar-refractivity contribution in [1.29, 1.82) is 0 Å². The van der Waals surface area contributed by atoms with Gasteiger partial charge >= 0.3 is 0 Å². The van der Waals surface area contributed by atoms with Crippen LogP contribution in [-0.4, -0.2) is 64.5 Å². The molecule has 6 nitrogen and oxygen atoms in total. The van der Waals surface area contributed by atoms with Gasteiger partial charge in [-0.05, 0) is 30.7 Å². The molecule has 2 aliphatic heterocycles. The van der Waals surface area contributed by atoms with Crippen LogP contribution in [0.4, 0.5) is 0 Å². The molecule has 1 N–H and O–H groups in total. The second kappa shape index (κ2) is 10.2. The van der Waals surface area contributed by atoms with Crippen LogP contribution in [-0.2, 0) is 18.3 Å². The van der Waals surface area contributed by atoms with E-state index in [0.29, 0.717) is 12.5 Å². The van der Waals surface area contributed by atoms with Crippen LogP contribution < -0.4 is 5.32 Å². The Bertz CT molecular complexity index is 773. The number of carbonyl (C=O) groups is 1. The minimum absolute atomic E-state index is 0. The molecule has 0 radical (unpaired) electrons. The van der Waals surface area contributed by atoms with Gasteiger partial charge in [0.1, 0.15) is 5.82 Å². The van der Waals surface area contributed by atoms with Crippen molar-refractivity contribution in [2.75, 3.05) is 39.3 Å². The van der Waals surface area contributed by atoms with E-state index in [2.05, 4.69) is 55.0 Å². The Morgan fingerprint density at radius 2 is 1.93 bits per heavy atom. The molecule has 1 aromatic carbocycles. The van der Waals surface area contributed by atoms with E-state index in [-0.39, 0.29) is 24.4 Å². The maximum atomic E-state index is 13.0. The van der Waals surface area contributed by atoms with Crippen LogP contribution in [0.2, 0.25) is 0 Å². The van der Waals surface area contributed by atoms with Crippen LogP contribution in [0, 0.1) is 5.92 Å². The molecule has 1 amide bonds. The summed E-state index contributed by atoms with van der Waals surface area (Å²) in [5.41, 5.74) is 1.41. The number of hydrogen-bond acceptors (Lipinski definition) is 4. The van der Waals surface area contributed by atoms with E-state index < -0.39 is 0 Å². The van der Waals surface area contributed by atoms with Crippen LogP contribution in [0.3, 0.4) is 0 Å². The van der Waals surface area contributed by atoms with Gasteiger partial charge in [-0.25, -0.2) is 4.98 Å². The lowest BCUT2D eigenvalue weighted by Gasteiger charge is -2.38. The number of imidazole rings is 1. The highest BCUT2D eigenvalue weighted by molar-refractivity contribution is 5.85. The number of aromatic nitrogens is 2. The standard InChI is InChI=1S/C22H31N5O.ClH/c1-25-13-10-24-22(25)20-16-23-9-14-27(20)17-21(28)26-11-7-19(8-12-26)15-18-5-3-2-4-6-18;/h2-6,10,13,19-20,23H,7-9,11-12,14-17H2,1H3;1H. The van der Waals surface area contributed by atoms with Crippen molar-refractivity contribution in [2.45, 2.75) is 25.3 Å². The third-order valence-electron chi connectivity index (χ3n) is 6.18. The summed E-state index contributed by atoms with van der Waals surface area (Å²) in [6, 6.07) is 10.9. The highest BCUT2D eigenvalue weighted by Gasteiger charge is 2.30. The molecule has 1 unspecified atom stereocenters. The van der Waals surface area contributed by atoms with Gasteiger partial charge in [-0.3, -0.25) is 9.69 Å². The summed E-state index contributed by atoms with van der Waals surface area (Å²) >= 11 is 0. The van der Waals surface area contributed by atoms with Gasteiger partial charge in [0, 0.05) is 52.2 Å². The van der Waals surface area contributed by atoms with Crippen molar-refractivity contribution in [3.05, 3.63) is 54.1 Å². The average molecular weight is 418 g/mol. The van der Waals surface area contributed by atoms with E-state index in [1.165, 1.54) is 5.56 Å². The van der Waals surface area contributed by atoms with Crippen LogP contribution >= 0.6 is 12.4 Å². The van der Waals surface area contributed by atoms with E-state index in [1.807, 2.05) is 19.4 Å². The molecular formula is C22H32ClN5O. The number of amides is 1. The summed E-state index contributed by atoms with van der Waals surface area (Å²) in [6.07, 6.45) is 7.14. The van der Waals surface area contributed by atoms with E-state index in [4.69, 9.17) is 0 Å². The van der Waals surface area contributed by atoms with Crippen LogP contribution in [0.5, 0.6) is 0 Å². The molecule has 1 atom stereocenters. The number of nitrogens with one attached hydrogen (secondary N) is 1. The van der Waals surface area contributed by atoms with Gasteiger partial charge in [0.2, 0.25) is 5.91 Å². The fourth-order valence-electron chi connectivity index (χ4n) is 4.50. The summed E-state index contributed by atoms with van der Waals surface area (Å²) in [5.74, 6) is 1.98. The topological polar surface area (TPSA) is 53.4 Å². The van der Waals surface area contributed by atoms with Crippen molar-refractivity contribution < 1.29 is 4.79 Å². The summed E-state index contributed by atoms with van der Waals surface area (Å²) < 4.78 is 2.06. The van der Waals surface area contributed by atoms with Crippen LogP contribution in [0.25, 0.3) is 0 Å². The fraction of sp³-hybridized carbons (Fsp3) is 0.545. The first-order valence-electron chi connectivity index (χ1n) is 10.4. The first-order valence-corrected chi connectivity index (χ1v) is 10.4. The molecule has 0 bridgehead atoms. The minimum atomic E-state index is 0. The molecule has 2 saturated heterocycles. The largest absolute Gasteiger partial charge is 0.342 e. The molecular weight excluding hydrogens is 386 g/mol. The summed E-state index contributed by atoms with van der Waals surface area (Å²) in [6.45, 7) is 4.91. The van der Waals surface area contributed by atoms with E-state index in [0.717, 1.165) is 57.8 Å². The van der Waals surface area contributed by atoms with Crippen LogP contribution in [0.15, 0.2) is 42.7 Å². The number of piperidine rings is 1. The molecule has 29 heavy (non-hydrogen) atoms. The van der Waals surface area contributed by atoms with Crippen molar-refractivity contribution in [1.82, 2.24) is 24.7 Å². The van der Waals surface area contributed by atoms with Gasteiger partial charge in [-0.2, -0.15) is 0 Å². The number of likely N-dealkylation sites (tertiary alicyclic amines) is 1. The highest BCUT2D eigenvalue weighted by atomic mass is 35.5. The maximum Gasteiger partial charge on any atom is 0.236 e. The van der Waals surface area contributed by atoms with Gasteiger partial charge < -0.3 is 14.8 Å². The second-order valence-corrected chi connectivity index (χ2v) is 8.10. The predicted octanol–water partition coefficient (Wildman–Crippen LogP) is 2.27. The third-order valence-corrected chi connectivity index (χ3v) is 6.18. The van der Waals surface area contributed by atoms with Crippen LogP contribution in [0.1, 0.15) is 30.3 Å². The number of piperazine rings is 1. The molecule has 3 heterocycles. The molecule has 158 valence electrons. The molecule has 1 aromatic heterocycles. The summed E-state index contributed by atoms with van der Waals surface area (Å²) in [5, 5.41) is 3.44. The van der Waals surface area contributed by atoms with E-state index >= 15 is 0 Å². The van der Waals surface area contributed by atoms with Crippen molar-refractivity contribution in [2.24, 2.45) is 13.0 Å². The smallest absolute Gasteiger partial charge is 0.236 e. The monoisotopic (exact) mass is 417 g/mol. The molecule has 2 fully saturated rings. The minimum Gasteiger partial charge on any atom is -0.342 e. The van der Waals surface area contributed by atoms with Gasteiger partial charge in [-0.15, -0.1) is 12.4 Å². The highest BCUT2D eigenvalue weighted by Crippen LogP contribution is 2.24. The number of aryl methyl sites for hydroxylation is 1. The van der Waals surface area contributed by atoms with Gasteiger partial charge in [0.05, 0.1) is 12.6 Å². The van der Waals surface area contributed by atoms with Gasteiger partial charge in [0.25, 0.3) is 0 Å². The maximum absolute atomic E-state index is 13.0. The van der Waals surface area contributed by atoms with Crippen molar-refractivity contribution in [3.8, 4) is 0 Å². The summed E-state index contributed by atoms with van der Waals surface area (Å²) in [7, 11) is 2.02. The predicted molar refractivity (Wildman–Crippen MR) is 117 cm³/mol. The second-order valence-electron chi connectivity index (χ2n) is 8.10. The number of nitrogens with zero attached hydrogens (tertiary/aromatic N) is 4. The Morgan fingerprint density at radius 1 is 1.17 bits per heavy atom. The molecule has 0 aliphatic carbocycles. The molecule has 0 saturated carbocycles. The van der Waals surface area contributed by atoms with Crippen molar-refractivity contribution >= 4 is 18.3 Å². The molecule has 7 heteroatoms. The zero-order chi connectivity index (χ0) is 19.3. The Balaban J connectivity index is 0.00000240. The first-order chi connectivity index (χ1) is 13.7.